The van der Waals surface area contributed by atoms with E-state index in [4.69, 9.17) is 0 Å². The predicted octanol–water partition coefficient (Wildman–Crippen LogP) is 2.92. The van der Waals surface area contributed by atoms with Crippen molar-refractivity contribution in [1.82, 2.24) is 10.3 Å². The highest BCUT2D eigenvalue weighted by Crippen LogP contribution is 2.51. The predicted molar refractivity (Wildman–Crippen MR) is 62.5 cm³/mol. The average molecular weight is 222 g/mol. The molecular weight excluding hydrogens is 203 g/mol. The quantitative estimate of drug-likeness (QED) is 0.847. The molecule has 2 unspecified atom stereocenters. The van der Waals surface area contributed by atoms with Crippen molar-refractivity contribution in [3.05, 3.63) is 29.8 Å². The van der Waals surface area contributed by atoms with Crippen molar-refractivity contribution < 1.29 is 4.39 Å². The normalized spacial score (nSPS) is 24.1. The summed E-state index contributed by atoms with van der Waals surface area (Å²) in [6, 6.07) is 1.71. The Morgan fingerprint density at radius 1 is 1.56 bits per heavy atom. The van der Waals surface area contributed by atoms with Gasteiger partial charge in [-0.3, -0.25) is 4.98 Å². The molecule has 1 saturated carbocycles. The zero-order chi connectivity index (χ0) is 11.8. The molecule has 16 heavy (non-hydrogen) atoms. The minimum absolute atomic E-state index is 0.166. The number of hydrogen-bond donors (Lipinski definition) is 1. The van der Waals surface area contributed by atoms with Crippen molar-refractivity contribution in [1.29, 1.82) is 0 Å². The first-order chi connectivity index (χ1) is 7.49. The van der Waals surface area contributed by atoms with E-state index in [1.165, 1.54) is 12.6 Å². The lowest BCUT2D eigenvalue weighted by molar-refractivity contribution is 0.482. The fourth-order valence-electron chi connectivity index (χ4n) is 2.03. The van der Waals surface area contributed by atoms with Gasteiger partial charge in [0.1, 0.15) is 5.82 Å². The van der Waals surface area contributed by atoms with Gasteiger partial charge in [-0.25, -0.2) is 4.39 Å². The minimum atomic E-state index is -0.266. The van der Waals surface area contributed by atoms with Gasteiger partial charge in [0.05, 0.1) is 6.20 Å². The highest BCUT2D eigenvalue weighted by Gasteiger charge is 2.44. The Morgan fingerprint density at radius 3 is 2.81 bits per heavy atom. The SMILES string of the molecule is CC(NCC1CC1(C)C)c1cncc(F)c1. The van der Waals surface area contributed by atoms with Crippen LogP contribution in [0.5, 0.6) is 0 Å². The summed E-state index contributed by atoms with van der Waals surface area (Å²) >= 11 is 0. The first kappa shape index (κ1) is 11.5. The van der Waals surface area contributed by atoms with Crippen LogP contribution in [0.4, 0.5) is 4.39 Å². The lowest BCUT2D eigenvalue weighted by Gasteiger charge is -2.14. The van der Waals surface area contributed by atoms with Crippen molar-refractivity contribution in [3.8, 4) is 0 Å². The van der Waals surface area contributed by atoms with Gasteiger partial charge < -0.3 is 5.32 Å². The van der Waals surface area contributed by atoms with Crippen LogP contribution in [-0.2, 0) is 0 Å². The third-order valence-electron chi connectivity index (χ3n) is 3.61. The standard InChI is InChI=1S/C13H19FN2/c1-9(10-4-12(14)8-15-6-10)16-7-11-5-13(11,2)3/h4,6,8-9,11,16H,5,7H2,1-3H3. The second-order valence-electron chi connectivity index (χ2n) is 5.46. The molecule has 2 atom stereocenters. The van der Waals surface area contributed by atoms with E-state index >= 15 is 0 Å². The number of halogens is 1. The molecule has 0 saturated heterocycles. The van der Waals surface area contributed by atoms with Crippen LogP contribution in [0, 0.1) is 17.2 Å². The van der Waals surface area contributed by atoms with Gasteiger partial charge in [0, 0.05) is 12.2 Å². The third kappa shape index (κ3) is 2.59. The molecule has 0 aliphatic heterocycles. The van der Waals surface area contributed by atoms with E-state index in [-0.39, 0.29) is 11.9 Å². The third-order valence-corrected chi connectivity index (χ3v) is 3.61. The fourth-order valence-corrected chi connectivity index (χ4v) is 2.03. The largest absolute Gasteiger partial charge is 0.310 e. The van der Waals surface area contributed by atoms with Crippen LogP contribution < -0.4 is 5.32 Å². The fraction of sp³-hybridized carbons (Fsp3) is 0.615. The van der Waals surface area contributed by atoms with Crippen LogP contribution in [0.25, 0.3) is 0 Å². The zero-order valence-electron chi connectivity index (χ0n) is 10.1. The van der Waals surface area contributed by atoms with E-state index in [1.807, 2.05) is 6.92 Å². The van der Waals surface area contributed by atoms with E-state index in [9.17, 15) is 4.39 Å². The first-order valence-electron chi connectivity index (χ1n) is 5.83. The number of nitrogens with zero attached hydrogens (tertiary/aromatic N) is 1. The number of hydrogen-bond acceptors (Lipinski definition) is 2. The maximum atomic E-state index is 13.0. The van der Waals surface area contributed by atoms with E-state index < -0.39 is 0 Å². The van der Waals surface area contributed by atoms with Gasteiger partial charge in [0.2, 0.25) is 0 Å². The number of aromatic nitrogens is 1. The molecule has 3 heteroatoms. The summed E-state index contributed by atoms with van der Waals surface area (Å²) in [5.74, 6) is 0.495. The first-order valence-corrected chi connectivity index (χ1v) is 5.83. The molecule has 1 aromatic rings. The molecule has 1 aliphatic rings. The summed E-state index contributed by atoms with van der Waals surface area (Å²) in [6.07, 6.45) is 4.24. The van der Waals surface area contributed by atoms with Crippen molar-refractivity contribution in [2.75, 3.05) is 6.54 Å². The molecule has 1 fully saturated rings. The second-order valence-corrected chi connectivity index (χ2v) is 5.46. The molecule has 1 aliphatic carbocycles. The monoisotopic (exact) mass is 222 g/mol. The molecule has 0 radical (unpaired) electrons. The van der Waals surface area contributed by atoms with Gasteiger partial charge in [-0.05, 0) is 42.9 Å². The van der Waals surface area contributed by atoms with E-state index in [1.54, 1.807) is 12.3 Å². The van der Waals surface area contributed by atoms with Gasteiger partial charge in [-0.1, -0.05) is 13.8 Å². The Labute approximate surface area is 96.3 Å². The van der Waals surface area contributed by atoms with Crippen molar-refractivity contribution in [2.24, 2.45) is 11.3 Å². The summed E-state index contributed by atoms with van der Waals surface area (Å²) in [7, 11) is 0. The number of pyridine rings is 1. The lowest BCUT2D eigenvalue weighted by Crippen LogP contribution is -2.22. The highest BCUT2D eigenvalue weighted by atomic mass is 19.1. The van der Waals surface area contributed by atoms with Crippen LogP contribution in [0.1, 0.15) is 38.8 Å². The highest BCUT2D eigenvalue weighted by molar-refractivity contribution is 5.14. The van der Waals surface area contributed by atoms with Gasteiger partial charge in [-0.2, -0.15) is 0 Å². The summed E-state index contributed by atoms with van der Waals surface area (Å²) in [4.78, 5) is 3.86. The molecule has 1 heterocycles. The van der Waals surface area contributed by atoms with E-state index in [2.05, 4.69) is 24.1 Å². The van der Waals surface area contributed by atoms with Crippen molar-refractivity contribution in [3.63, 3.8) is 0 Å². The Hall–Kier alpha value is -0.960. The van der Waals surface area contributed by atoms with Gasteiger partial charge >= 0.3 is 0 Å². The topological polar surface area (TPSA) is 24.9 Å². The van der Waals surface area contributed by atoms with E-state index in [0.717, 1.165) is 18.0 Å². The zero-order valence-corrected chi connectivity index (χ0v) is 10.1. The van der Waals surface area contributed by atoms with Crippen molar-refractivity contribution in [2.45, 2.75) is 33.2 Å². The molecule has 88 valence electrons. The smallest absolute Gasteiger partial charge is 0.141 e. The van der Waals surface area contributed by atoms with Gasteiger partial charge in [-0.15, -0.1) is 0 Å². The number of nitrogens with one attached hydrogen (secondary N) is 1. The molecule has 2 nitrogen and oxygen atoms in total. The second kappa shape index (κ2) is 4.13. The Bertz CT molecular complexity index is 376. The summed E-state index contributed by atoms with van der Waals surface area (Å²) < 4.78 is 13.0. The molecule has 0 aromatic carbocycles. The van der Waals surface area contributed by atoms with Crippen molar-refractivity contribution >= 4 is 0 Å². The van der Waals surface area contributed by atoms with Crippen LogP contribution in [0.2, 0.25) is 0 Å². The molecule has 0 spiro atoms. The molecule has 1 aromatic heterocycles. The van der Waals surface area contributed by atoms with E-state index in [0.29, 0.717) is 5.41 Å². The molecule has 2 rings (SSSR count). The lowest BCUT2D eigenvalue weighted by atomic mass is 10.1. The summed E-state index contributed by atoms with van der Waals surface area (Å²) in [5, 5.41) is 3.44. The average Bonchev–Trinajstić information content (AvgIpc) is 2.83. The van der Waals surface area contributed by atoms with Gasteiger partial charge in [0.25, 0.3) is 0 Å². The maximum absolute atomic E-state index is 13.0. The molecule has 1 N–H and O–H groups in total. The van der Waals surface area contributed by atoms with Gasteiger partial charge in [0.15, 0.2) is 0 Å². The summed E-state index contributed by atoms with van der Waals surface area (Å²) in [5.41, 5.74) is 1.41. The van der Waals surface area contributed by atoms with Crippen LogP contribution in [0.15, 0.2) is 18.5 Å². The molecular formula is C13H19FN2. The molecule has 0 bridgehead atoms. The Kier molecular flexibility index (Phi) is 2.98. The molecule has 0 amide bonds. The van der Waals surface area contributed by atoms with Crippen LogP contribution in [0.3, 0.4) is 0 Å². The Morgan fingerprint density at radius 2 is 2.25 bits per heavy atom. The van der Waals surface area contributed by atoms with Crippen LogP contribution >= 0.6 is 0 Å². The number of rotatable bonds is 4. The summed E-state index contributed by atoms with van der Waals surface area (Å²) in [6.45, 7) is 7.62. The Balaban J connectivity index is 1.86. The minimum Gasteiger partial charge on any atom is -0.310 e. The maximum Gasteiger partial charge on any atom is 0.141 e. The van der Waals surface area contributed by atoms with Crippen LogP contribution in [-0.4, -0.2) is 11.5 Å².